The van der Waals surface area contributed by atoms with E-state index in [2.05, 4.69) is 26.7 Å². The first-order chi connectivity index (χ1) is 12.3. The minimum atomic E-state index is -0.0384. The van der Waals surface area contributed by atoms with Gasteiger partial charge in [0.1, 0.15) is 5.82 Å². The molecule has 25 heavy (non-hydrogen) atoms. The Balaban J connectivity index is 1.64. The van der Waals surface area contributed by atoms with Crippen molar-refractivity contribution in [2.75, 3.05) is 11.1 Å². The molecule has 0 bridgehead atoms. The third-order valence-corrected chi connectivity index (χ3v) is 5.38. The lowest BCUT2D eigenvalue weighted by Gasteiger charge is -2.21. The standard InChI is InChI=1S/C19H24N4OS/c1-2-13-23-18(15-9-5-3-6-10-15)21-22-19(23)25-14-17(24)20-16-11-7-4-8-12-16/h2,4,7-8,11-12,15H,1,3,5-6,9-10,13-14H2,(H,20,24). The Morgan fingerprint density at radius 2 is 2.00 bits per heavy atom. The molecular weight excluding hydrogens is 332 g/mol. The maximum absolute atomic E-state index is 12.2. The molecule has 6 heteroatoms. The minimum absolute atomic E-state index is 0.0384. The van der Waals surface area contributed by atoms with Crippen LogP contribution in [0.3, 0.4) is 0 Å². The average molecular weight is 356 g/mol. The lowest BCUT2D eigenvalue weighted by molar-refractivity contribution is -0.113. The maximum Gasteiger partial charge on any atom is 0.234 e. The zero-order chi connectivity index (χ0) is 17.5. The number of nitrogens with one attached hydrogen (secondary N) is 1. The van der Waals surface area contributed by atoms with Crippen LogP contribution in [-0.4, -0.2) is 26.4 Å². The van der Waals surface area contributed by atoms with E-state index in [0.717, 1.165) is 16.7 Å². The van der Waals surface area contributed by atoms with E-state index in [1.807, 2.05) is 36.4 Å². The van der Waals surface area contributed by atoms with Crippen LogP contribution in [0.2, 0.25) is 0 Å². The summed E-state index contributed by atoms with van der Waals surface area (Å²) < 4.78 is 2.11. The molecule has 1 heterocycles. The van der Waals surface area contributed by atoms with Crippen LogP contribution in [0.25, 0.3) is 0 Å². The van der Waals surface area contributed by atoms with Crippen molar-refractivity contribution in [1.82, 2.24) is 14.8 Å². The predicted molar refractivity (Wildman–Crippen MR) is 102 cm³/mol. The Labute approximate surface area is 152 Å². The number of rotatable bonds is 7. The molecule has 2 aromatic rings. The van der Waals surface area contributed by atoms with E-state index in [1.54, 1.807) is 0 Å². The summed E-state index contributed by atoms with van der Waals surface area (Å²) in [6.07, 6.45) is 8.04. The molecule has 1 fully saturated rings. The van der Waals surface area contributed by atoms with E-state index in [0.29, 0.717) is 18.2 Å². The number of aromatic nitrogens is 3. The highest BCUT2D eigenvalue weighted by Crippen LogP contribution is 2.33. The highest BCUT2D eigenvalue weighted by Gasteiger charge is 2.23. The molecule has 0 spiro atoms. The van der Waals surface area contributed by atoms with Gasteiger partial charge in [0.25, 0.3) is 0 Å². The second-order valence-electron chi connectivity index (χ2n) is 6.28. The van der Waals surface area contributed by atoms with Gasteiger partial charge in [-0.2, -0.15) is 0 Å². The maximum atomic E-state index is 12.2. The topological polar surface area (TPSA) is 59.8 Å². The average Bonchev–Trinajstić information content (AvgIpc) is 3.05. The van der Waals surface area contributed by atoms with E-state index >= 15 is 0 Å². The number of hydrogen-bond donors (Lipinski definition) is 1. The van der Waals surface area contributed by atoms with Crippen molar-refractivity contribution in [3.8, 4) is 0 Å². The number of allylic oxidation sites excluding steroid dienone is 1. The van der Waals surface area contributed by atoms with E-state index in [-0.39, 0.29) is 5.91 Å². The second kappa shape index (κ2) is 8.85. The van der Waals surface area contributed by atoms with Crippen molar-refractivity contribution in [2.45, 2.75) is 49.7 Å². The van der Waals surface area contributed by atoms with Crippen molar-refractivity contribution in [1.29, 1.82) is 0 Å². The molecule has 0 radical (unpaired) electrons. The molecule has 0 atom stereocenters. The van der Waals surface area contributed by atoms with Gasteiger partial charge in [-0.3, -0.25) is 4.79 Å². The van der Waals surface area contributed by atoms with Gasteiger partial charge in [-0.1, -0.05) is 55.3 Å². The molecule has 1 aliphatic carbocycles. The smallest absolute Gasteiger partial charge is 0.234 e. The van der Waals surface area contributed by atoms with Crippen LogP contribution in [0.4, 0.5) is 5.69 Å². The van der Waals surface area contributed by atoms with E-state index in [9.17, 15) is 4.79 Å². The van der Waals surface area contributed by atoms with E-state index < -0.39 is 0 Å². The third kappa shape index (κ3) is 4.72. The third-order valence-electron chi connectivity index (χ3n) is 4.42. The fourth-order valence-corrected chi connectivity index (χ4v) is 3.97. The minimum Gasteiger partial charge on any atom is -0.325 e. The highest BCUT2D eigenvalue weighted by atomic mass is 32.2. The molecule has 5 nitrogen and oxygen atoms in total. The Bertz CT molecular complexity index is 707. The molecule has 0 unspecified atom stereocenters. The van der Waals surface area contributed by atoms with Gasteiger partial charge in [0.15, 0.2) is 5.16 Å². The number of para-hydroxylation sites is 1. The molecular formula is C19H24N4OS. The molecule has 3 rings (SSSR count). The quantitative estimate of drug-likeness (QED) is 0.595. The van der Waals surface area contributed by atoms with Crippen LogP contribution < -0.4 is 5.32 Å². The van der Waals surface area contributed by atoms with Crippen molar-refractivity contribution in [3.05, 3.63) is 48.8 Å². The zero-order valence-corrected chi connectivity index (χ0v) is 15.2. The first kappa shape index (κ1) is 17.7. The molecule has 0 aliphatic heterocycles. The Morgan fingerprint density at radius 3 is 2.72 bits per heavy atom. The Hall–Kier alpha value is -2.08. The molecule has 1 saturated carbocycles. The highest BCUT2D eigenvalue weighted by molar-refractivity contribution is 7.99. The zero-order valence-electron chi connectivity index (χ0n) is 14.4. The van der Waals surface area contributed by atoms with Crippen LogP contribution >= 0.6 is 11.8 Å². The Morgan fingerprint density at radius 1 is 1.24 bits per heavy atom. The summed E-state index contributed by atoms with van der Waals surface area (Å²) in [5.41, 5.74) is 0.809. The van der Waals surface area contributed by atoms with Crippen molar-refractivity contribution >= 4 is 23.4 Å². The van der Waals surface area contributed by atoms with Gasteiger partial charge in [-0.25, -0.2) is 0 Å². The molecule has 1 amide bonds. The number of anilines is 1. The molecule has 1 aromatic heterocycles. The number of nitrogens with zero attached hydrogens (tertiary/aromatic N) is 3. The Kier molecular flexibility index (Phi) is 6.28. The van der Waals surface area contributed by atoms with Gasteiger partial charge >= 0.3 is 0 Å². The molecule has 132 valence electrons. The van der Waals surface area contributed by atoms with Gasteiger partial charge in [0, 0.05) is 18.2 Å². The lowest BCUT2D eigenvalue weighted by atomic mass is 9.89. The van der Waals surface area contributed by atoms with Crippen LogP contribution in [0.15, 0.2) is 48.1 Å². The van der Waals surface area contributed by atoms with E-state index in [4.69, 9.17) is 0 Å². The van der Waals surface area contributed by atoms with Gasteiger partial charge in [-0.05, 0) is 25.0 Å². The van der Waals surface area contributed by atoms with Gasteiger partial charge in [0.2, 0.25) is 5.91 Å². The number of thioether (sulfide) groups is 1. The van der Waals surface area contributed by atoms with Gasteiger partial charge in [0.05, 0.1) is 5.75 Å². The number of carbonyl (C=O) groups is 1. The van der Waals surface area contributed by atoms with Gasteiger partial charge < -0.3 is 9.88 Å². The molecule has 0 saturated heterocycles. The SMILES string of the molecule is C=CCn1c(SCC(=O)Nc2ccccc2)nnc1C1CCCCC1. The fourth-order valence-electron chi connectivity index (χ4n) is 3.22. The normalized spacial score (nSPS) is 15.0. The van der Waals surface area contributed by atoms with Gasteiger partial charge in [-0.15, -0.1) is 16.8 Å². The van der Waals surface area contributed by atoms with E-state index in [1.165, 1.54) is 43.9 Å². The van der Waals surface area contributed by atoms with Crippen LogP contribution in [0, 0.1) is 0 Å². The predicted octanol–water partition coefficient (Wildman–Crippen LogP) is 4.24. The number of hydrogen-bond acceptors (Lipinski definition) is 4. The number of carbonyl (C=O) groups excluding carboxylic acids is 1. The summed E-state index contributed by atoms with van der Waals surface area (Å²) in [6.45, 7) is 4.53. The van der Waals surface area contributed by atoms with Crippen LogP contribution in [0.1, 0.15) is 43.8 Å². The summed E-state index contributed by atoms with van der Waals surface area (Å²) >= 11 is 1.43. The fraction of sp³-hybridized carbons (Fsp3) is 0.421. The first-order valence-corrected chi connectivity index (χ1v) is 9.78. The number of amides is 1. The van der Waals surface area contributed by atoms with Crippen LogP contribution in [-0.2, 0) is 11.3 Å². The molecule has 1 aromatic carbocycles. The number of benzene rings is 1. The first-order valence-electron chi connectivity index (χ1n) is 8.79. The summed E-state index contributed by atoms with van der Waals surface area (Å²) in [5, 5.41) is 12.5. The van der Waals surface area contributed by atoms with Crippen LogP contribution in [0.5, 0.6) is 0 Å². The van der Waals surface area contributed by atoms with Crippen molar-refractivity contribution in [3.63, 3.8) is 0 Å². The summed E-state index contributed by atoms with van der Waals surface area (Å²) in [6, 6.07) is 9.49. The summed E-state index contributed by atoms with van der Waals surface area (Å²) in [4.78, 5) is 12.2. The van der Waals surface area contributed by atoms with Crippen molar-refractivity contribution in [2.24, 2.45) is 0 Å². The summed E-state index contributed by atoms with van der Waals surface area (Å²) in [7, 11) is 0. The lowest BCUT2D eigenvalue weighted by Crippen LogP contribution is -2.15. The monoisotopic (exact) mass is 356 g/mol. The molecule has 1 aliphatic rings. The summed E-state index contributed by atoms with van der Waals surface area (Å²) in [5.74, 6) is 1.80. The molecule has 1 N–H and O–H groups in total. The van der Waals surface area contributed by atoms with Crippen molar-refractivity contribution < 1.29 is 4.79 Å². The second-order valence-corrected chi connectivity index (χ2v) is 7.22. The largest absolute Gasteiger partial charge is 0.325 e.